The first kappa shape index (κ1) is 25.1. The maximum absolute atomic E-state index is 6.38. The average molecular weight is 365 g/mol. The molecule has 0 radical (unpaired) electrons. The summed E-state index contributed by atoms with van der Waals surface area (Å²) in [5.74, 6) is 0. The molecule has 0 aliphatic carbocycles. The van der Waals surface area contributed by atoms with E-state index in [9.17, 15) is 0 Å². The van der Waals surface area contributed by atoms with Crippen LogP contribution >= 0.6 is 0 Å². The topological polar surface area (TPSA) is 18.5 Å². The van der Waals surface area contributed by atoms with Gasteiger partial charge in [0.05, 0.1) is 12.2 Å². The Hall–Kier alpha value is -0.860. The van der Waals surface area contributed by atoms with Crippen LogP contribution < -0.4 is 0 Å². The lowest BCUT2D eigenvalue weighted by Crippen LogP contribution is -2.41. The molecule has 1 fully saturated rings. The number of aryl methyl sites for hydroxylation is 3. The number of ether oxygens (including phenoxy) is 2. The van der Waals surface area contributed by atoms with Gasteiger partial charge in [0, 0.05) is 12.0 Å². The van der Waals surface area contributed by atoms with Gasteiger partial charge in [0.25, 0.3) is 0 Å². The van der Waals surface area contributed by atoms with E-state index in [-0.39, 0.29) is 23.9 Å². The third-order valence-corrected chi connectivity index (χ3v) is 4.95. The lowest BCUT2D eigenvalue weighted by atomic mass is 9.80. The predicted octanol–water partition coefficient (Wildman–Crippen LogP) is 7.68. The molecular weight excluding hydrogens is 320 g/mol. The molecule has 2 nitrogen and oxygen atoms in total. The van der Waals surface area contributed by atoms with E-state index in [0.29, 0.717) is 0 Å². The van der Waals surface area contributed by atoms with Crippen molar-refractivity contribution in [3.8, 4) is 0 Å². The molecule has 1 aromatic carbocycles. The number of rotatable bonds is 3. The fourth-order valence-electron chi connectivity index (χ4n) is 3.23. The zero-order valence-electron chi connectivity index (χ0n) is 19.3. The van der Waals surface area contributed by atoms with E-state index in [0.717, 1.165) is 12.8 Å². The summed E-state index contributed by atoms with van der Waals surface area (Å²) in [6.45, 7) is 23.7. The van der Waals surface area contributed by atoms with Crippen molar-refractivity contribution in [1.29, 1.82) is 0 Å². The van der Waals surface area contributed by atoms with Crippen molar-refractivity contribution in [2.75, 3.05) is 0 Å². The van der Waals surface area contributed by atoms with E-state index >= 15 is 0 Å². The summed E-state index contributed by atoms with van der Waals surface area (Å²) in [6, 6.07) is 4.43. The van der Waals surface area contributed by atoms with Gasteiger partial charge in [-0.05, 0) is 50.7 Å². The summed E-state index contributed by atoms with van der Waals surface area (Å²) in [6.07, 6.45) is 3.59. The van der Waals surface area contributed by atoms with Gasteiger partial charge in [0.15, 0.2) is 6.29 Å². The van der Waals surface area contributed by atoms with E-state index in [1.54, 1.807) is 0 Å². The fourth-order valence-corrected chi connectivity index (χ4v) is 3.23. The first-order chi connectivity index (χ1) is 12.2. The zero-order chi connectivity index (χ0) is 20.5. The van der Waals surface area contributed by atoms with Crippen LogP contribution in [0.4, 0.5) is 0 Å². The molecule has 1 aliphatic rings. The normalized spacial score (nSPS) is 22.7. The number of hydrogen-bond acceptors (Lipinski definition) is 2. The van der Waals surface area contributed by atoms with Gasteiger partial charge in [-0.2, -0.15) is 0 Å². The number of benzene rings is 1. The molecular formula is C24H44O2. The summed E-state index contributed by atoms with van der Waals surface area (Å²) < 4.78 is 12.5. The van der Waals surface area contributed by atoms with Crippen LogP contribution in [-0.4, -0.2) is 12.2 Å². The highest BCUT2D eigenvalue weighted by atomic mass is 16.7. The molecule has 3 atom stereocenters. The van der Waals surface area contributed by atoms with Gasteiger partial charge in [0.1, 0.15) is 0 Å². The second-order valence-corrected chi connectivity index (χ2v) is 8.00. The van der Waals surface area contributed by atoms with Crippen LogP contribution in [0.3, 0.4) is 0 Å². The van der Waals surface area contributed by atoms with Gasteiger partial charge in [-0.1, -0.05) is 72.6 Å². The molecule has 26 heavy (non-hydrogen) atoms. The van der Waals surface area contributed by atoms with Crippen molar-refractivity contribution >= 4 is 0 Å². The summed E-state index contributed by atoms with van der Waals surface area (Å²) >= 11 is 0. The minimum Gasteiger partial charge on any atom is -0.345 e. The highest BCUT2D eigenvalue weighted by Gasteiger charge is 2.38. The molecule has 1 aromatic rings. The summed E-state index contributed by atoms with van der Waals surface area (Å²) in [7, 11) is 0. The SMILES string of the molecule is CC.CCC.CCC(C)(C)C1CC(C)OC(c2c(C)cc(C)cc2C)O1. The molecule has 3 unspecified atom stereocenters. The van der Waals surface area contributed by atoms with Crippen LogP contribution in [0.2, 0.25) is 0 Å². The van der Waals surface area contributed by atoms with Crippen LogP contribution in [-0.2, 0) is 9.47 Å². The largest absolute Gasteiger partial charge is 0.345 e. The van der Waals surface area contributed by atoms with Gasteiger partial charge in [-0.3, -0.25) is 0 Å². The van der Waals surface area contributed by atoms with Crippen LogP contribution in [0.1, 0.15) is 103 Å². The van der Waals surface area contributed by atoms with Crippen molar-refractivity contribution in [2.24, 2.45) is 5.41 Å². The van der Waals surface area contributed by atoms with Crippen LogP contribution in [0.25, 0.3) is 0 Å². The third-order valence-electron chi connectivity index (χ3n) is 4.95. The Morgan fingerprint density at radius 3 is 1.85 bits per heavy atom. The van der Waals surface area contributed by atoms with Crippen molar-refractivity contribution in [1.82, 2.24) is 0 Å². The molecule has 0 N–H and O–H groups in total. The molecule has 1 heterocycles. The van der Waals surface area contributed by atoms with E-state index < -0.39 is 0 Å². The smallest absolute Gasteiger partial charge is 0.184 e. The quantitative estimate of drug-likeness (QED) is 0.547. The molecule has 0 spiro atoms. The Morgan fingerprint density at radius 2 is 1.42 bits per heavy atom. The first-order valence-corrected chi connectivity index (χ1v) is 10.5. The van der Waals surface area contributed by atoms with E-state index in [2.05, 4.69) is 74.4 Å². The average Bonchev–Trinajstić information content (AvgIpc) is 2.56. The highest BCUT2D eigenvalue weighted by molar-refractivity contribution is 5.38. The van der Waals surface area contributed by atoms with Gasteiger partial charge >= 0.3 is 0 Å². The molecule has 0 aromatic heterocycles. The molecule has 2 heteroatoms. The van der Waals surface area contributed by atoms with E-state index in [1.165, 1.54) is 28.7 Å². The Labute approximate surface area is 163 Å². The second kappa shape index (κ2) is 11.8. The lowest BCUT2D eigenvalue weighted by Gasteiger charge is -2.42. The predicted molar refractivity (Wildman–Crippen MR) is 115 cm³/mol. The van der Waals surface area contributed by atoms with Crippen molar-refractivity contribution in [3.05, 3.63) is 34.4 Å². The standard InChI is InChI=1S/C19H30O2.C3H8.C2H6/c1-8-19(6,7)16-11-15(5)20-18(21-16)17-13(3)9-12(2)10-14(17)4;1-3-2;1-2/h9-10,15-16,18H,8,11H2,1-7H3;3H2,1-2H3;1-2H3. The van der Waals surface area contributed by atoms with E-state index in [4.69, 9.17) is 9.47 Å². The van der Waals surface area contributed by atoms with Crippen LogP contribution in [0.5, 0.6) is 0 Å². The molecule has 0 amide bonds. The Balaban J connectivity index is 0.00000113. The molecule has 0 bridgehead atoms. The zero-order valence-corrected chi connectivity index (χ0v) is 19.3. The molecule has 1 aliphatic heterocycles. The Morgan fingerprint density at radius 1 is 0.962 bits per heavy atom. The maximum atomic E-state index is 6.38. The molecule has 1 saturated heterocycles. The molecule has 0 saturated carbocycles. The summed E-state index contributed by atoms with van der Waals surface area (Å²) in [5.41, 5.74) is 5.22. The lowest BCUT2D eigenvalue weighted by molar-refractivity contribution is -0.265. The van der Waals surface area contributed by atoms with Gasteiger partial charge in [0.2, 0.25) is 0 Å². The fraction of sp³-hybridized carbons (Fsp3) is 0.750. The monoisotopic (exact) mass is 364 g/mol. The number of hydrogen-bond donors (Lipinski definition) is 0. The van der Waals surface area contributed by atoms with Crippen molar-refractivity contribution in [3.63, 3.8) is 0 Å². The maximum Gasteiger partial charge on any atom is 0.184 e. The van der Waals surface area contributed by atoms with Crippen molar-refractivity contribution in [2.45, 2.75) is 114 Å². The van der Waals surface area contributed by atoms with E-state index in [1.807, 2.05) is 13.8 Å². The van der Waals surface area contributed by atoms with Gasteiger partial charge in [-0.25, -0.2) is 0 Å². The molecule has 152 valence electrons. The van der Waals surface area contributed by atoms with Crippen LogP contribution in [0, 0.1) is 26.2 Å². The Bertz CT molecular complexity index is 496. The van der Waals surface area contributed by atoms with Gasteiger partial charge < -0.3 is 9.47 Å². The minimum absolute atomic E-state index is 0.183. The first-order valence-electron chi connectivity index (χ1n) is 10.5. The van der Waals surface area contributed by atoms with Gasteiger partial charge in [-0.15, -0.1) is 0 Å². The summed E-state index contributed by atoms with van der Waals surface area (Å²) in [5, 5.41) is 0. The second-order valence-electron chi connectivity index (χ2n) is 8.00. The minimum atomic E-state index is -0.231. The third kappa shape index (κ3) is 7.04. The molecule has 2 rings (SSSR count). The Kier molecular flexibility index (Phi) is 11.4. The summed E-state index contributed by atoms with van der Waals surface area (Å²) in [4.78, 5) is 0. The van der Waals surface area contributed by atoms with Crippen LogP contribution in [0.15, 0.2) is 12.1 Å². The highest BCUT2D eigenvalue weighted by Crippen LogP contribution is 2.40. The van der Waals surface area contributed by atoms with Crippen molar-refractivity contribution < 1.29 is 9.47 Å².